The molecule has 0 atom stereocenters. The van der Waals surface area contributed by atoms with Crippen LogP contribution in [0.3, 0.4) is 0 Å². The molecule has 0 spiro atoms. The van der Waals surface area contributed by atoms with Crippen LogP contribution in [0.15, 0.2) is 180 Å². The van der Waals surface area contributed by atoms with E-state index >= 15 is 0 Å². The van der Waals surface area contributed by atoms with Crippen molar-refractivity contribution in [3.05, 3.63) is 181 Å². The van der Waals surface area contributed by atoms with Crippen molar-refractivity contribution in [1.82, 2.24) is 0 Å². The first-order valence-electron chi connectivity index (χ1n) is 15.4. The van der Waals surface area contributed by atoms with Gasteiger partial charge in [-0.15, -0.1) is 0 Å². The molecule has 0 unspecified atom stereocenters. The van der Waals surface area contributed by atoms with Crippen molar-refractivity contribution < 1.29 is 0 Å². The zero-order valence-electron chi connectivity index (χ0n) is 25.2. The van der Waals surface area contributed by atoms with E-state index in [1.165, 1.54) is 43.0 Å². The lowest BCUT2D eigenvalue weighted by Gasteiger charge is -2.21. The van der Waals surface area contributed by atoms with Crippen LogP contribution in [0.5, 0.6) is 0 Å². The van der Waals surface area contributed by atoms with Gasteiger partial charge in [-0.3, -0.25) is 9.98 Å². The van der Waals surface area contributed by atoms with Gasteiger partial charge in [0.25, 0.3) is 0 Å². The summed E-state index contributed by atoms with van der Waals surface area (Å²) in [6.45, 7) is 1.48. The molecule has 6 rings (SSSR count). The molecule has 0 heterocycles. The molecule has 4 heteroatoms. The van der Waals surface area contributed by atoms with Gasteiger partial charge in [-0.2, -0.15) is 0 Å². The molecule has 0 fully saturated rings. The highest BCUT2D eigenvalue weighted by molar-refractivity contribution is 7.80. The zero-order valence-corrected chi connectivity index (χ0v) is 27.0. The van der Waals surface area contributed by atoms with Crippen molar-refractivity contribution in [1.29, 1.82) is 0 Å². The number of aliphatic imine (C=N–C) groups is 2. The Morgan fingerprint density at radius 2 is 0.644 bits per heavy atom. The highest BCUT2D eigenvalue weighted by Gasteiger charge is 2.19. The Morgan fingerprint density at radius 1 is 0.356 bits per heavy atom. The van der Waals surface area contributed by atoms with E-state index in [-0.39, 0.29) is 0 Å². The molecule has 220 valence electrons. The molecule has 6 aromatic carbocycles. The highest BCUT2D eigenvalue weighted by Crippen LogP contribution is 2.34. The van der Waals surface area contributed by atoms with Crippen molar-refractivity contribution >= 4 is 60.1 Å². The van der Waals surface area contributed by atoms with Gasteiger partial charge in [0.1, 0.15) is 0 Å². The van der Waals surface area contributed by atoms with Crippen LogP contribution in [0.1, 0.15) is 17.5 Å². The van der Waals surface area contributed by atoms with E-state index in [1.54, 1.807) is 0 Å². The van der Waals surface area contributed by atoms with Gasteiger partial charge in [0.15, 0.2) is 0 Å². The maximum atomic E-state index is 4.86. The molecule has 6 aromatic rings. The zero-order chi connectivity index (χ0) is 30.5. The Bertz CT molecular complexity index is 1610. The summed E-state index contributed by atoms with van der Waals surface area (Å²) in [5.41, 5.74) is 2.37. The monoisotopic (exact) mass is 618 g/mol. The Labute approximate surface area is 269 Å². The predicted octanol–water partition coefficient (Wildman–Crippen LogP) is 7.13. The Morgan fingerprint density at radius 3 is 0.978 bits per heavy atom. The minimum absolute atomic E-state index is 0.679. The summed E-state index contributed by atoms with van der Waals surface area (Å²) < 4.78 is 0. The smallest absolute Gasteiger partial charge is 0.0407 e. The summed E-state index contributed by atoms with van der Waals surface area (Å²) in [4.78, 5) is 9.71. The maximum absolute atomic E-state index is 4.86. The second-order valence-corrected chi connectivity index (χ2v) is 14.9. The average Bonchev–Trinajstić information content (AvgIpc) is 3.11. The number of hydrogen-bond acceptors (Lipinski definition) is 2. The molecule has 0 saturated carbocycles. The average molecular weight is 619 g/mol. The molecule has 0 radical (unpaired) electrons. The fraction of sp³-hybridized carbons (Fsp3) is 0.0732. The summed E-state index contributed by atoms with van der Waals surface area (Å²) in [7, 11) is -1.36. The van der Waals surface area contributed by atoms with Gasteiger partial charge < -0.3 is 0 Å². The molecule has 0 aliphatic carbocycles. The first kappa shape index (κ1) is 30.5. The molecule has 0 amide bonds. The van der Waals surface area contributed by atoms with Crippen LogP contribution in [-0.4, -0.2) is 25.5 Å². The molecule has 2 nitrogen and oxygen atoms in total. The fourth-order valence-corrected chi connectivity index (χ4v) is 10.2. The van der Waals surface area contributed by atoms with E-state index in [9.17, 15) is 0 Å². The van der Waals surface area contributed by atoms with Crippen molar-refractivity contribution in [2.45, 2.75) is 6.42 Å². The SMILES string of the molecule is C(=NCCCN=Cc1ccccc1P(c1ccccc1)c1ccccc1)c1ccccc1P(c1ccccc1)c1ccccc1. The van der Waals surface area contributed by atoms with Crippen LogP contribution >= 0.6 is 15.8 Å². The molecular weight excluding hydrogens is 582 g/mol. The summed E-state index contributed by atoms with van der Waals surface area (Å²) in [5.74, 6) is 0. The summed E-state index contributed by atoms with van der Waals surface area (Å²) in [6.07, 6.45) is 5.01. The standard InChI is InChI=1S/C41H36N2P2/c1-5-20-36(21-6-1)44(37-22-7-2-8-23-37)40-28-15-13-18-34(40)32-42-30-17-31-43-33-35-19-14-16-29-41(35)45(38-24-9-3-10-25-38)39-26-11-4-12-27-39/h1-16,18-29,32-33H,17,30-31H2. The van der Waals surface area contributed by atoms with Crippen molar-refractivity contribution in [2.75, 3.05) is 13.1 Å². The van der Waals surface area contributed by atoms with E-state index in [4.69, 9.17) is 9.98 Å². The normalized spacial score (nSPS) is 11.6. The molecule has 0 aliphatic heterocycles. The van der Waals surface area contributed by atoms with Crippen LogP contribution in [0.2, 0.25) is 0 Å². The minimum Gasteiger partial charge on any atom is -0.292 e. The second-order valence-electron chi connectivity index (χ2n) is 10.6. The van der Waals surface area contributed by atoms with Crippen molar-refractivity contribution in [3.8, 4) is 0 Å². The van der Waals surface area contributed by atoms with Crippen LogP contribution in [-0.2, 0) is 0 Å². The lowest BCUT2D eigenvalue weighted by atomic mass is 10.2. The summed E-state index contributed by atoms with van der Waals surface area (Å²) >= 11 is 0. The van der Waals surface area contributed by atoms with E-state index in [1.807, 2.05) is 0 Å². The van der Waals surface area contributed by atoms with E-state index < -0.39 is 15.8 Å². The topological polar surface area (TPSA) is 24.7 Å². The molecule has 0 bridgehead atoms. The van der Waals surface area contributed by atoms with Gasteiger partial charge in [0.2, 0.25) is 0 Å². The van der Waals surface area contributed by atoms with Gasteiger partial charge in [0, 0.05) is 36.6 Å². The van der Waals surface area contributed by atoms with Gasteiger partial charge in [-0.05, 0) is 54.1 Å². The second kappa shape index (κ2) is 16.0. The molecule has 45 heavy (non-hydrogen) atoms. The third-order valence-electron chi connectivity index (χ3n) is 7.45. The van der Waals surface area contributed by atoms with Gasteiger partial charge in [-0.1, -0.05) is 170 Å². The lowest BCUT2D eigenvalue weighted by Crippen LogP contribution is -2.23. The lowest BCUT2D eigenvalue weighted by molar-refractivity contribution is 0.851. The van der Waals surface area contributed by atoms with Gasteiger partial charge in [0.05, 0.1) is 0 Å². The third-order valence-corrected chi connectivity index (χ3v) is 12.5. The third kappa shape index (κ3) is 7.98. The number of nitrogens with zero attached hydrogens (tertiary/aromatic N) is 2. The minimum atomic E-state index is -0.679. The number of hydrogen-bond donors (Lipinski definition) is 0. The van der Waals surface area contributed by atoms with E-state index in [2.05, 4.69) is 182 Å². The number of rotatable bonds is 12. The van der Waals surface area contributed by atoms with Gasteiger partial charge >= 0.3 is 0 Å². The van der Waals surface area contributed by atoms with Crippen LogP contribution < -0.4 is 31.8 Å². The Balaban J connectivity index is 1.15. The van der Waals surface area contributed by atoms with Crippen LogP contribution in [0, 0.1) is 0 Å². The highest BCUT2D eigenvalue weighted by atomic mass is 31.1. The predicted molar refractivity (Wildman–Crippen MR) is 200 cm³/mol. The largest absolute Gasteiger partial charge is 0.292 e. The number of benzene rings is 6. The Kier molecular flexibility index (Phi) is 10.9. The fourth-order valence-electron chi connectivity index (χ4n) is 5.34. The van der Waals surface area contributed by atoms with Crippen LogP contribution in [0.4, 0.5) is 0 Å². The van der Waals surface area contributed by atoms with Gasteiger partial charge in [-0.25, -0.2) is 0 Å². The molecule has 0 N–H and O–H groups in total. The molecule has 0 saturated heterocycles. The first-order chi connectivity index (χ1) is 22.4. The van der Waals surface area contributed by atoms with E-state index in [0.717, 1.165) is 19.5 Å². The molecule has 0 aromatic heterocycles. The quantitative estimate of drug-likeness (QED) is 0.0792. The first-order valence-corrected chi connectivity index (χ1v) is 18.0. The van der Waals surface area contributed by atoms with Crippen molar-refractivity contribution in [3.63, 3.8) is 0 Å². The summed E-state index contributed by atoms with van der Waals surface area (Å²) in [5, 5.41) is 8.04. The van der Waals surface area contributed by atoms with E-state index in [0.29, 0.717) is 0 Å². The Hall–Kier alpha value is -4.48. The maximum Gasteiger partial charge on any atom is 0.0407 e. The van der Waals surface area contributed by atoms with Crippen molar-refractivity contribution in [2.24, 2.45) is 9.98 Å². The summed E-state index contributed by atoms with van der Waals surface area (Å²) in [6, 6.07) is 60.7. The molecule has 0 aliphatic rings. The molecular formula is C41H36N2P2. The van der Waals surface area contributed by atoms with Crippen LogP contribution in [0.25, 0.3) is 0 Å².